The molecule has 0 saturated heterocycles. The van der Waals surface area contributed by atoms with Gasteiger partial charge in [-0.25, -0.2) is 13.4 Å². The van der Waals surface area contributed by atoms with E-state index >= 15 is 0 Å². The van der Waals surface area contributed by atoms with E-state index in [-0.39, 0.29) is 33.0 Å². The molecule has 2 aromatic heterocycles. The van der Waals surface area contributed by atoms with Crippen LogP contribution >= 0.6 is 35.4 Å². The highest BCUT2D eigenvalue weighted by Crippen LogP contribution is 2.37. The molecule has 14 heteroatoms. The molecule has 0 aliphatic heterocycles. The van der Waals surface area contributed by atoms with Crippen LogP contribution in [-0.2, 0) is 16.2 Å². The number of hydrogen-bond acceptors (Lipinski definition) is 5. The maximum Gasteiger partial charge on any atom is 0.417 e. The molecule has 31 heavy (non-hydrogen) atoms. The summed E-state index contributed by atoms with van der Waals surface area (Å²) < 4.78 is 69.3. The Bertz CT molecular complexity index is 1300. The molecule has 0 amide bonds. The Labute approximate surface area is 190 Å². The zero-order valence-electron chi connectivity index (χ0n) is 15.8. The minimum atomic E-state index is -4.83. The topological polar surface area (TPSA) is 92.7 Å². The number of nitrogens with one attached hydrogen (secondary N) is 2. The number of alkyl halides is 3. The summed E-state index contributed by atoms with van der Waals surface area (Å²) in [6.45, 7) is 3.67. The zero-order chi connectivity index (χ0) is 23.1. The minimum absolute atomic E-state index is 0.0824. The average molecular weight is 512 g/mol. The summed E-state index contributed by atoms with van der Waals surface area (Å²) in [5.41, 5.74) is -1.28. The van der Waals surface area contributed by atoms with Crippen molar-refractivity contribution in [1.29, 1.82) is 0 Å². The highest BCUT2D eigenvalue weighted by atomic mass is 35.5. The van der Waals surface area contributed by atoms with E-state index in [1.54, 1.807) is 4.57 Å². The quantitative estimate of drug-likeness (QED) is 0.428. The third kappa shape index (κ3) is 4.86. The summed E-state index contributed by atoms with van der Waals surface area (Å²) in [5, 5.41) is 6.18. The van der Waals surface area contributed by atoms with Crippen LogP contribution in [0.1, 0.15) is 25.5 Å². The lowest BCUT2D eigenvalue weighted by Crippen LogP contribution is -2.16. The molecule has 0 unspecified atom stereocenters. The molecule has 2 heterocycles. The Hall–Kier alpha value is -2.15. The van der Waals surface area contributed by atoms with E-state index in [9.17, 15) is 21.6 Å². The van der Waals surface area contributed by atoms with E-state index in [4.69, 9.17) is 35.4 Å². The van der Waals surface area contributed by atoms with Crippen LogP contribution in [-0.4, -0.2) is 28.2 Å². The molecule has 0 bridgehead atoms. The number of halogens is 5. The zero-order valence-corrected chi connectivity index (χ0v) is 19.0. The van der Waals surface area contributed by atoms with Gasteiger partial charge in [0.1, 0.15) is 5.69 Å². The van der Waals surface area contributed by atoms with Crippen molar-refractivity contribution in [2.75, 3.05) is 4.72 Å². The molecule has 2 N–H and O–H groups in total. The number of benzene rings is 1. The Balaban J connectivity index is 2.12. The number of H-pyrrole nitrogens is 1. The van der Waals surface area contributed by atoms with Crippen molar-refractivity contribution in [3.8, 4) is 11.5 Å². The lowest BCUT2D eigenvalue weighted by Gasteiger charge is -2.15. The van der Waals surface area contributed by atoms with E-state index in [2.05, 4.69) is 19.9 Å². The van der Waals surface area contributed by atoms with Gasteiger partial charge in [-0.05, 0) is 50.3 Å². The Kier molecular flexibility index (Phi) is 6.38. The van der Waals surface area contributed by atoms with Crippen molar-refractivity contribution in [2.24, 2.45) is 0 Å². The van der Waals surface area contributed by atoms with Crippen molar-refractivity contribution < 1.29 is 21.6 Å². The molecule has 0 spiro atoms. The predicted octanol–water partition coefficient (Wildman–Crippen LogP) is 5.71. The maximum atomic E-state index is 13.2. The van der Waals surface area contributed by atoms with Crippen LogP contribution in [0.4, 0.5) is 18.9 Å². The van der Waals surface area contributed by atoms with Crippen molar-refractivity contribution in [3.05, 3.63) is 50.8 Å². The molecule has 0 saturated carbocycles. The molecule has 0 aliphatic carbocycles. The fraction of sp³-hybridized carbons (Fsp3) is 0.235. The standard InChI is InChI=1S/C17H14Cl2F3N5O2S2/c1-8(2)27-15(24-25-16(27)30)14-13(5-9(18)7-23-14)26-31(28,29)10-3-4-12(19)11(6-10)17(20,21)22/h3-8,26H,1-2H3,(H,25,30). The fourth-order valence-corrected chi connectivity index (χ4v) is 4.55. The van der Waals surface area contributed by atoms with Gasteiger partial charge in [0.25, 0.3) is 10.0 Å². The van der Waals surface area contributed by atoms with Gasteiger partial charge in [0.2, 0.25) is 0 Å². The summed E-state index contributed by atoms with van der Waals surface area (Å²) >= 11 is 16.8. The maximum absolute atomic E-state index is 13.2. The SMILES string of the molecule is CC(C)n1c(-c2ncc(Cl)cc2NS(=O)(=O)c2ccc(Cl)c(C(F)(F)F)c2)n[nH]c1=S. The lowest BCUT2D eigenvalue weighted by molar-refractivity contribution is -0.137. The van der Waals surface area contributed by atoms with Gasteiger partial charge in [0, 0.05) is 12.2 Å². The van der Waals surface area contributed by atoms with Gasteiger partial charge in [-0.15, -0.1) is 0 Å². The van der Waals surface area contributed by atoms with Crippen molar-refractivity contribution in [2.45, 2.75) is 31.0 Å². The molecule has 7 nitrogen and oxygen atoms in total. The monoisotopic (exact) mass is 511 g/mol. The molecule has 0 aliphatic rings. The van der Waals surface area contributed by atoms with Crippen molar-refractivity contribution in [1.82, 2.24) is 19.7 Å². The van der Waals surface area contributed by atoms with Gasteiger partial charge >= 0.3 is 6.18 Å². The largest absolute Gasteiger partial charge is 0.417 e. The smallest absolute Gasteiger partial charge is 0.296 e. The van der Waals surface area contributed by atoms with Gasteiger partial charge in [0.05, 0.1) is 26.2 Å². The van der Waals surface area contributed by atoms with Crippen molar-refractivity contribution in [3.63, 3.8) is 0 Å². The second-order valence-corrected chi connectivity index (χ2v) is 9.52. The normalized spacial score (nSPS) is 12.4. The van der Waals surface area contributed by atoms with Gasteiger partial charge in [-0.1, -0.05) is 23.2 Å². The molecule has 166 valence electrons. The minimum Gasteiger partial charge on any atom is -0.296 e. The molecule has 3 aromatic rings. The number of hydrogen-bond donors (Lipinski definition) is 2. The summed E-state index contributed by atoms with van der Waals surface area (Å²) in [6, 6.07) is 3.40. The first kappa shape index (κ1) is 23.5. The summed E-state index contributed by atoms with van der Waals surface area (Å²) in [4.78, 5) is 3.50. The first-order chi connectivity index (χ1) is 14.3. The summed E-state index contributed by atoms with van der Waals surface area (Å²) in [6.07, 6.45) is -3.55. The number of aromatic nitrogens is 4. The number of pyridine rings is 1. The van der Waals surface area contributed by atoms with E-state index in [0.717, 1.165) is 12.1 Å². The van der Waals surface area contributed by atoms with Crippen LogP contribution in [0.2, 0.25) is 10.0 Å². The second kappa shape index (κ2) is 8.41. The van der Waals surface area contributed by atoms with E-state index in [1.165, 1.54) is 12.3 Å². The average Bonchev–Trinajstić information content (AvgIpc) is 3.02. The molecule has 1 aromatic carbocycles. The number of nitrogens with zero attached hydrogens (tertiary/aromatic N) is 3. The Morgan fingerprint density at radius 1 is 1.23 bits per heavy atom. The van der Waals surface area contributed by atoms with Crippen LogP contribution in [0, 0.1) is 4.77 Å². The number of sulfonamides is 1. The highest BCUT2D eigenvalue weighted by molar-refractivity contribution is 7.92. The fourth-order valence-electron chi connectivity index (χ4n) is 2.74. The summed E-state index contributed by atoms with van der Waals surface area (Å²) in [5.74, 6) is 0.224. The molecule has 0 radical (unpaired) electrons. The molecular formula is C17H14Cl2F3N5O2S2. The molecular weight excluding hydrogens is 498 g/mol. The van der Waals surface area contributed by atoms with Crippen molar-refractivity contribution >= 4 is 51.1 Å². The van der Waals surface area contributed by atoms with Crippen LogP contribution in [0.15, 0.2) is 35.4 Å². The first-order valence-corrected chi connectivity index (χ1v) is 11.2. The third-order valence-electron chi connectivity index (χ3n) is 4.08. The Morgan fingerprint density at radius 3 is 2.52 bits per heavy atom. The third-order valence-corrected chi connectivity index (χ3v) is 6.27. The van der Waals surface area contributed by atoms with Gasteiger partial charge in [-0.2, -0.15) is 18.3 Å². The highest BCUT2D eigenvalue weighted by Gasteiger charge is 2.34. The van der Waals surface area contributed by atoms with Crippen LogP contribution in [0.25, 0.3) is 11.5 Å². The van der Waals surface area contributed by atoms with E-state index < -0.39 is 31.7 Å². The van der Waals surface area contributed by atoms with Crippen LogP contribution < -0.4 is 4.72 Å². The van der Waals surface area contributed by atoms with E-state index in [0.29, 0.717) is 6.07 Å². The van der Waals surface area contributed by atoms with Gasteiger partial charge < -0.3 is 0 Å². The first-order valence-electron chi connectivity index (χ1n) is 8.53. The summed E-state index contributed by atoms with van der Waals surface area (Å²) in [7, 11) is -4.47. The molecule has 3 rings (SSSR count). The van der Waals surface area contributed by atoms with Crippen LogP contribution in [0.5, 0.6) is 0 Å². The number of rotatable bonds is 5. The number of anilines is 1. The molecule has 0 atom stereocenters. The second-order valence-electron chi connectivity index (χ2n) is 6.61. The predicted molar refractivity (Wildman–Crippen MR) is 113 cm³/mol. The van der Waals surface area contributed by atoms with Gasteiger partial charge in [-0.3, -0.25) is 14.4 Å². The molecule has 0 fully saturated rings. The number of aromatic amines is 1. The lowest BCUT2D eigenvalue weighted by atomic mass is 10.2. The van der Waals surface area contributed by atoms with Gasteiger partial charge in [0.15, 0.2) is 10.6 Å². The van der Waals surface area contributed by atoms with E-state index in [1.807, 2.05) is 13.8 Å². The Morgan fingerprint density at radius 2 is 1.90 bits per heavy atom. The van der Waals surface area contributed by atoms with Crippen LogP contribution in [0.3, 0.4) is 0 Å².